The molecule has 0 fully saturated rings. The lowest BCUT2D eigenvalue weighted by molar-refractivity contribution is -0.146. The number of hydrogen-bond acceptors (Lipinski definition) is 5. The number of aryl methyl sites for hydroxylation is 1. The van der Waals surface area contributed by atoms with Gasteiger partial charge in [-0.15, -0.1) is 0 Å². The molecule has 0 aliphatic carbocycles. The van der Waals surface area contributed by atoms with Crippen LogP contribution in [0, 0.1) is 6.92 Å². The summed E-state index contributed by atoms with van der Waals surface area (Å²) in [7, 11) is -4.02. The number of aliphatic carboxylic acids is 1. The molecule has 2 aromatic carbocycles. The Morgan fingerprint density at radius 2 is 1.77 bits per heavy atom. The van der Waals surface area contributed by atoms with Crippen LogP contribution in [0.25, 0.3) is 0 Å². The first-order valence-electron chi connectivity index (χ1n) is 6.31. The van der Waals surface area contributed by atoms with Gasteiger partial charge in [-0.05, 0) is 36.8 Å². The summed E-state index contributed by atoms with van der Waals surface area (Å²) in [6.45, 7) is 1.83. The predicted octanol–water partition coefficient (Wildman–Crippen LogP) is 1.88. The zero-order valence-corrected chi connectivity index (χ0v) is 12.4. The normalized spacial score (nSPS) is 12.6. The van der Waals surface area contributed by atoms with E-state index in [2.05, 4.69) is 0 Å². The SMILES string of the molecule is Cc1ccc(S(=O)(=O)Oc2cccc(C(O)C(=O)O)c2)cc1. The van der Waals surface area contributed by atoms with E-state index >= 15 is 0 Å². The largest absolute Gasteiger partial charge is 0.479 e. The van der Waals surface area contributed by atoms with E-state index in [4.69, 9.17) is 9.29 Å². The van der Waals surface area contributed by atoms with E-state index in [0.717, 1.165) is 5.56 Å². The van der Waals surface area contributed by atoms with Gasteiger partial charge in [0.1, 0.15) is 10.6 Å². The number of hydrogen-bond donors (Lipinski definition) is 2. The summed E-state index contributed by atoms with van der Waals surface area (Å²) in [5.74, 6) is -1.50. The van der Waals surface area contributed by atoms with E-state index in [1.54, 1.807) is 12.1 Å². The molecule has 1 unspecified atom stereocenters. The van der Waals surface area contributed by atoms with Gasteiger partial charge in [-0.1, -0.05) is 29.8 Å². The van der Waals surface area contributed by atoms with Crippen molar-refractivity contribution in [2.45, 2.75) is 17.9 Å². The van der Waals surface area contributed by atoms with Crippen molar-refractivity contribution in [3.8, 4) is 5.75 Å². The Bertz CT molecular complexity index is 780. The molecular weight excluding hydrogens is 308 g/mol. The van der Waals surface area contributed by atoms with Gasteiger partial charge in [-0.3, -0.25) is 0 Å². The van der Waals surface area contributed by atoms with Crippen LogP contribution in [0.1, 0.15) is 17.2 Å². The lowest BCUT2D eigenvalue weighted by atomic mass is 10.1. The van der Waals surface area contributed by atoms with Crippen molar-refractivity contribution < 1.29 is 27.6 Å². The average molecular weight is 322 g/mol. The minimum atomic E-state index is -4.02. The van der Waals surface area contributed by atoms with Crippen molar-refractivity contribution in [3.63, 3.8) is 0 Å². The first kappa shape index (κ1) is 16.0. The van der Waals surface area contributed by atoms with Gasteiger partial charge in [-0.25, -0.2) is 4.79 Å². The second-order valence-corrected chi connectivity index (χ2v) is 6.21. The minimum absolute atomic E-state index is 0.0118. The third kappa shape index (κ3) is 3.63. The fourth-order valence-electron chi connectivity index (χ4n) is 1.76. The van der Waals surface area contributed by atoms with E-state index in [1.165, 1.54) is 36.4 Å². The van der Waals surface area contributed by atoms with Crippen LogP contribution in [0.3, 0.4) is 0 Å². The number of aliphatic hydroxyl groups is 1. The molecule has 22 heavy (non-hydrogen) atoms. The summed E-state index contributed by atoms with van der Waals surface area (Å²) < 4.78 is 29.2. The number of rotatable bonds is 5. The molecule has 0 spiro atoms. The second kappa shape index (κ2) is 6.17. The van der Waals surface area contributed by atoms with Crippen molar-refractivity contribution in [2.75, 3.05) is 0 Å². The summed E-state index contributed by atoms with van der Waals surface area (Å²) in [5, 5.41) is 18.2. The van der Waals surface area contributed by atoms with E-state index in [0.29, 0.717) is 0 Å². The van der Waals surface area contributed by atoms with Crippen molar-refractivity contribution in [3.05, 3.63) is 59.7 Å². The van der Waals surface area contributed by atoms with Crippen LogP contribution in [-0.4, -0.2) is 24.6 Å². The molecule has 7 heteroatoms. The topological polar surface area (TPSA) is 101 Å². The molecule has 6 nitrogen and oxygen atoms in total. The Hall–Kier alpha value is -2.38. The lowest BCUT2D eigenvalue weighted by Gasteiger charge is -2.10. The van der Waals surface area contributed by atoms with Gasteiger partial charge in [0.2, 0.25) is 0 Å². The maximum Gasteiger partial charge on any atom is 0.339 e. The monoisotopic (exact) mass is 322 g/mol. The van der Waals surface area contributed by atoms with Gasteiger partial charge in [0, 0.05) is 0 Å². The Morgan fingerprint density at radius 1 is 1.14 bits per heavy atom. The molecule has 2 rings (SSSR count). The summed E-state index contributed by atoms with van der Waals surface area (Å²) in [6.07, 6.45) is -1.74. The fourth-order valence-corrected chi connectivity index (χ4v) is 2.68. The number of carboxylic acids is 1. The number of carbonyl (C=O) groups is 1. The molecule has 0 radical (unpaired) electrons. The van der Waals surface area contributed by atoms with Crippen LogP contribution < -0.4 is 4.18 Å². The zero-order chi connectivity index (χ0) is 16.3. The Balaban J connectivity index is 2.28. The van der Waals surface area contributed by atoms with Gasteiger partial charge in [0.25, 0.3) is 0 Å². The van der Waals surface area contributed by atoms with Gasteiger partial charge < -0.3 is 14.4 Å². The molecule has 0 aliphatic rings. The molecule has 2 N–H and O–H groups in total. The van der Waals surface area contributed by atoms with Crippen LogP contribution in [0.2, 0.25) is 0 Å². The van der Waals surface area contributed by atoms with Gasteiger partial charge in [0.15, 0.2) is 6.10 Å². The Kier molecular flexibility index (Phi) is 4.48. The first-order chi connectivity index (χ1) is 10.3. The van der Waals surface area contributed by atoms with E-state index in [-0.39, 0.29) is 16.2 Å². The van der Waals surface area contributed by atoms with Gasteiger partial charge in [-0.2, -0.15) is 8.42 Å². The lowest BCUT2D eigenvalue weighted by Crippen LogP contribution is -2.12. The van der Waals surface area contributed by atoms with Gasteiger partial charge in [0.05, 0.1) is 0 Å². The van der Waals surface area contributed by atoms with Crippen LogP contribution in [0.15, 0.2) is 53.4 Å². The van der Waals surface area contributed by atoms with E-state index < -0.39 is 22.2 Å². The quantitative estimate of drug-likeness (QED) is 0.815. The third-order valence-electron chi connectivity index (χ3n) is 2.92. The van der Waals surface area contributed by atoms with Crippen LogP contribution in [0.5, 0.6) is 5.75 Å². The molecule has 2 aromatic rings. The predicted molar refractivity (Wildman–Crippen MR) is 78.0 cm³/mol. The zero-order valence-electron chi connectivity index (χ0n) is 11.6. The molecular formula is C15H14O6S. The summed E-state index contributed by atoms with van der Waals surface area (Å²) in [5.41, 5.74) is 0.939. The van der Waals surface area contributed by atoms with Crippen molar-refractivity contribution in [2.24, 2.45) is 0 Å². The average Bonchev–Trinajstić information content (AvgIpc) is 2.46. The molecule has 0 saturated carbocycles. The highest BCUT2D eigenvalue weighted by atomic mass is 32.2. The summed E-state index contributed by atoms with van der Waals surface area (Å²) in [4.78, 5) is 10.7. The van der Waals surface area contributed by atoms with Crippen molar-refractivity contribution >= 4 is 16.1 Å². The van der Waals surface area contributed by atoms with Gasteiger partial charge >= 0.3 is 16.1 Å². The van der Waals surface area contributed by atoms with E-state index in [1.807, 2.05) is 6.92 Å². The smallest absolute Gasteiger partial charge is 0.339 e. The van der Waals surface area contributed by atoms with Crippen molar-refractivity contribution in [1.29, 1.82) is 0 Å². The highest BCUT2D eigenvalue weighted by Gasteiger charge is 2.19. The van der Waals surface area contributed by atoms with Crippen LogP contribution >= 0.6 is 0 Å². The number of aliphatic hydroxyl groups excluding tert-OH is 1. The molecule has 0 saturated heterocycles. The summed E-state index contributed by atoms with van der Waals surface area (Å²) in [6, 6.07) is 11.4. The molecule has 1 atom stereocenters. The highest BCUT2D eigenvalue weighted by molar-refractivity contribution is 7.87. The minimum Gasteiger partial charge on any atom is -0.479 e. The summed E-state index contributed by atoms with van der Waals surface area (Å²) >= 11 is 0. The fraction of sp³-hybridized carbons (Fsp3) is 0.133. The molecule has 0 bridgehead atoms. The third-order valence-corrected chi connectivity index (χ3v) is 4.18. The maximum atomic E-state index is 12.1. The van der Waals surface area contributed by atoms with Crippen LogP contribution in [-0.2, 0) is 14.9 Å². The standard InChI is InChI=1S/C15H14O6S/c1-10-5-7-13(8-6-10)22(19,20)21-12-4-2-3-11(9-12)14(16)15(17)18/h2-9,14,16H,1H3,(H,17,18). The molecule has 0 aliphatic heterocycles. The number of benzene rings is 2. The molecule has 116 valence electrons. The molecule has 0 aromatic heterocycles. The van der Waals surface area contributed by atoms with Crippen LogP contribution in [0.4, 0.5) is 0 Å². The maximum absolute atomic E-state index is 12.1. The first-order valence-corrected chi connectivity index (χ1v) is 7.72. The Labute approximate surface area is 127 Å². The van der Waals surface area contributed by atoms with Crippen molar-refractivity contribution in [1.82, 2.24) is 0 Å². The highest BCUT2D eigenvalue weighted by Crippen LogP contribution is 2.23. The number of carboxylic acid groups (broad SMARTS) is 1. The van der Waals surface area contributed by atoms with E-state index in [9.17, 15) is 18.3 Å². The second-order valence-electron chi connectivity index (χ2n) is 4.66. The molecule has 0 amide bonds. The molecule has 0 heterocycles. The Morgan fingerprint density at radius 3 is 2.36 bits per heavy atom.